The summed E-state index contributed by atoms with van der Waals surface area (Å²) in [6.07, 6.45) is -0.159. The molecule has 0 unspecified atom stereocenters. The van der Waals surface area contributed by atoms with E-state index in [0.29, 0.717) is 0 Å². The van der Waals surface area contributed by atoms with Crippen molar-refractivity contribution in [3.8, 4) is 0 Å². The second-order valence-corrected chi connectivity index (χ2v) is 5.12. The molecule has 0 aliphatic heterocycles. The minimum absolute atomic E-state index is 0.122. The van der Waals surface area contributed by atoms with Crippen LogP contribution in [0.25, 0.3) is 0 Å². The second kappa shape index (κ2) is 7.41. The van der Waals surface area contributed by atoms with Crippen molar-refractivity contribution in [1.82, 2.24) is 0 Å². The van der Waals surface area contributed by atoms with Crippen LogP contribution >= 0.6 is 11.6 Å². The first-order valence-electron chi connectivity index (χ1n) is 6.63. The summed E-state index contributed by atoms with van der Waals surface area (Å²) in [4.78, 5) is 24.2. The molecule has 0 heterocycles. The molecule has 0 fully saturated rings. The van der Waals surface area contributed by atoms with Crippen molar-refractivity contribution < 1.29 is 23.5 Å². The minimum atomic E-state index is -1.60. The zero-order valence-corrected chi connectivity index (χ0v) is 13.0. The molecule has 6 heteroatoms. The molecule has 0 aliphatic rings. The zero-order chi connectivity index (χ0) is 16.0. The van der Waals surface area contributed by atoms with Gasteiger partial charge in [0, 0.05) is 11.4 Å². The Morgan fingerprint density at radius 1 is 1.19 bits per heavy atom. The van der Waals surface area contributed by atoms with E-state index in [2.05, 4.69) is 0 Å². The summed E-state index contributed by atoms with van der Waals surface area (Å²) in [5.74, 6) is -2.06. The van der Waals surface area contributed by atoms with Gasteiger partial charge < -0.3 is 9.47 Å². The van der Waals surface area contributed by atoms with Crippen LogP contribution in [-0.4, -0.2) is 25.2 Å². The number of hydrogen-bond acceptors (Lipinski definition) is 4. The monoisotopic (exact) mass is 316 g/mol. The molecule has 21 heavy (non-hydrogen) atoms. The molecule has 0 amide bonds. The molecule has 0 spiro atoms. The first-order chi connectivity index (χ1) is 9.85. The quantitative estimate of drug-likeness (QED) is 0.597. The molecule has 4 nitrogen and oxygen atoms in total. The van der Waals surface area contributed by atoms with Crippen LogP contribution in [0.5, 0.6) is 0 Å². The van der Waals surface area contributed by atoms with E-state index in [4.69, 9.17) is 21.1 Å². The number of benzene rings is 1. The van der Waals surface area contributed by atoms with Gasteiger partial charge in [-0.05, 0) is 38.5 Å². The summed E-state index contributed by atoms with van der Waals surface area (Å²) in [5.41, 5.74) is -1.40. The predicted octanol–water partition coefficient (Wildman–Crippen LogP) is 3.15. The molecule has 0 N–H and O–H groups in total. The Kier molecular flexibility index (Phi) is 6.15. The molecule has 0 bridgehead atoms. The van der Waals surface area contributed by atoms with Crippen molar-refractivity contribution in [3.05, 3.63) is 34.6 Å². The van der Waals surface area contributed by atoms with Gasteiger partial charge >= 0.3 is 11.9 Å². The highest BCUT2D eigenvalue weighted by atomic mass is 35.5. The Hall–Kier alpha value is -1.62. The first-order valence-corrected chi connectivity index (χ1v) is 7.01. The molecule has 0 aliphatic carbocycles. The molecule has 1 aromatic rings. The van der Waals surface area contributed by atoms with Gasteiger partial charge in [0.15, 0.2) is 5.41 Å². The number of hydrogen-bond donors (Lipinski definition) is 0. The Morgan fingerprint density at radius 3 is 2.14 bits per heavy atom. The third-order valence-electron chi connectivity index (χ3n) is 3.01. The van der Waals surface area contributed by atoms with Crippen LogP contribution in [0.4, 0.5) is 4.39 Å². The molecule has 116 valence electrons. The van der Waals surface area contributed by atoms with Gasteiger partial charge in [0.2, 0.25) is 0 Å². The number of rotatable bonds is 6. The smallest absolute Gasteiger partial charge is 0.323 e. The third-order valence-corrected chi connectivity index (χ3v) is 3.25. The Bertz CT molecular complexity index is 512. The molecule has 0 saturated carbocycles. The third kappa shape index (κ3) is 4.17. The maximum atomic E-state index is 13.9. The van der Waals surface area contributed by atoms with Gasteiger partial charge in [-0.1, -0.05) is 17.7 Å². The van der Waals surface area contributed by atoms with Crippen LogP contribution in [0.3, 0.4) is 0 Å². The molecule has 0 radical (unpaired) electrons. The highest BCUT2D eigenvalue weighted by Gasteiger charge is 2.44. The minimum Gasteiger partial charge on any atom is -0.465 e. The lowest BCUT2D eigenvalue weighted by Crippen LogP contribution is -2.41. The Labute approximate surface area is 128 Å². The fourth-order valence-corrected chi connectivity index (χ4v) is 2.01. The second-order valence-electron chi connectivity index (χ2n) is 4.69. The summed E-state index contributed by atoms with van der Waals surface area (Å²) in [6, 6.07) is 4.07. The lowest BCUT2D eigenvalue weighted by atomic mass is 9.83. The molecule has 0 atom stereocenters. The van der Waals surface area contributed by atoms with Crippen molar-refractivity contribution in [2.24, 2.45) is 5.41 Å². The van der Waals surface area contributed by atoms with Crippen molar-refractivity contribution >= 4 is 23.5 Å². The summed E-state index contributed by atoms with van der Waals surface area (Å²) < 4.78 is 23.7. The Balaban J connectivity index is 3.12. The maximum absolute atomic E-state index is 13.9. The summed E-state index contributed by atoms with van der Waals surface area (Å²) in [6.45, 7) is 4.89. The van der Waals surface area contributed by atoms with Gasteiger partial charge in [-0.25, -0.2) is 4.39 Å². The standard InChI is InChI=1S/C15H18ClFO4/c1-4-20-13(18)15(3,14(19)21-5-2)9-10-6-7-11(16)8-12(10)17/h6-8H,4-5,9H2,1-3H3. The molecular formula is C15H18ClFO4. The topological polar surface area (TPSA) is 52.6 Å². The maximum Gasteiger partial charge on any atom is 0.323 e. The van der Waals surface area contributed by atoms with Crippen molar-refractivity contribution in [2.45, 2.75) is 27.2 Å². The summed E-state index contributed by atoms with van der Waals surface area (Å²) in [7, 11) is 0. The lowest BCUT2D eigenvalue weighted by molar-refractivity contribution is -0.170. The molecular weight excluding hydrogens is 299 g/mol. The van der Waals surface area contributed by atoms with Crippen molar-refractivity contribution in [2.75, 3.05) is 13.2 Å². The predicted molar refractivity (Wildman–Crippen MR) is 76.5 cm³/mol. The van der Waals surface area contributed by atoms with E-state index >= 15 is 0 Å². The number of carbonyl (C=O) groups is 2. The fraction of sp³-hybridized carbons (Fsp3) is 0.467. The van der Waals surface area contributed by atoms with Gasteiger partial charge in [-0.3, -0.25) is 9.59 Å². The highest BCUT2D eigenvalue weighted by molar-refractivity contribution is 6.30. The largest absolute Gasteiger partial charge is 0.465 e. The SMILES string of the molecule is CCOC(=O)C(C)(Cc1ccc(Cl)cc1F)C(=O)OCC. The van der Waals surface area contributed by atoms with Crippen LogP contribution in [0.15, 0.2) is 18.2 Å². The molecule has 0 aromatic heterocycles. The van der Waals surface area contributed by atoms with Crippen LogP contribution in [0.1, 0.15) is 26.3 Å². The number of halogens is 2. The van der Waals surface area contributed by atoms with Crippen LogP contribution < -0.4 is 0 Å². The molecule has 1 aromatic carbocycles. The van der Waals surface area contributed by atoms with E-state index in [-0.39, 0.29) is 30.2 Å². The average Bonchev–Trinajstić information content (AvgIpc) is 2.42. The van der Waals surface area contributed by atoms with Crippen LogP contribution in [0.2, 0.25) is 5.02 Å². The van der Waals surface area contributed by atoms with Gasteiger partial charge in [0.05, 0.1) is 13.2 Å². The normalized spacial score (nSPS) is 11.1. The van der Waals surface area contributed by atoms with E-state index in [1.807, 2.05) is 0 Å². The molecule has 1 rings (SSSR count). The molecule has 0 saturated heterocycles. The average molecular weight is 317 g/mol. The highest BCUT2D eigenvalue weighted by Crippen LogP contribution is 2.28. The van der Waals surface area contributed by atoms with E-state index in [1.165, 1.54) is 19.1 Å². The first kappa shape index (κ1) is 17.4. The van der Waals surface area contributed by atoms with Gasteiger partial charge in [-0.2, -0.15) is 0 Å². The van der Waals surface area contributed by atoms with E-state index in [9.17, 15) is 14.0 Å². The van der Waals surface area contributed by atoms with E-state index in [1.54, 1.807) is 13.8 Å². The van der Waals surface area contributed by atoms with Crippen LogP contribution in [0, 0.1) is 11.2 Å². The van der Waals surface area contributed by atoms with Gasteiger partial charge in [0.25, 0.3) is 0 Å². The zero-order valence-electron chi connectivity index (χ0n) is 12.2. The fourth-order valence-electron chi connectivity index (χ4n) is 1.85. The Morgan fingerprint density at radius 2 is 1.71 bits per heavy atom. The number of carbonyl (C=O) groups excluding carboxylic acids is 2. The number of esters is 2. The van der Waals surface area contributed by atoms with Gasteiger partial charge in [0.1, 0.15) is 5.82 Å². The van der Waals surface area contributed by atoms with Crippen molar-refractivity contribution in [1.29, 1.82) is 0 Å². The summed E-state index contributed by atoms with van der Waals surface area (Å²) in [5, 5.41) is 0.241. The van der Waals surface area contributed by atoms with E-state index < -0.39 is 23.2 Å². The number of ether oxygens (including phenoxy) is 2. The summed E-state index contributed by atoms with van der Waals surface area (Å²) >= 11 is 5.69. The lowest BCUT2D eigenvalue weighted by Gasteiger charge is -2.25. The van der Waals surface area contributed by atoms with E-state index in [0.717, 1.165) is 6.07 Å². The van der Waals surface area contributed by atoms with Crippen LogP contribution in [-0.2, 0) is 25.5 Å². The van der Waals surface area contributed by atoms with Crippen molar-refractivity contribution in [3.63, 3.8) is 0 Å². The van der Waals surface area contributed by atoms with Gasteiger partial charge in [-0.15, -0.1) is 0 Å².